The molecule has 1 aromatic heterocycles. The van der Waals surface area contributed by atoms with Crippen molar-refractivity contribution in [1.82, 2.24) is 4.98 Å². The first-order chi connectivity index (χ1) is 5.68. The molecule has 64 valence electrons. The zero-order valence-corrected chi connectivity index (χ0v) is 8.02. The first-order valence-corrected chi connectivity index (χ1v) is 4.73. The molecule has 0 bridgehead atoms. The molecule has 1 heterocycles. The molecule has 3 heteroatoms. The maximum Gasteiger partial charge on any atom is 0.140 e. The van der Waals surface area contributed by atoms with Gasteiger partial charge < -0.3 is 0 Å². The number of carbonyl (C=O) groups excluding carboxylic acids is 1. The summed E-state index contributed by atoms with van der Waals surface area (Å²) in [6, 6.07) is 5.81. The van der Waals surface area contributed by atoms with Gasteiger partial charge in [0.2, 0.25) is 0 Å². The van der Waals surface area contributed by atoms with Crippen molar-refractivity contribution < 1.29 is 4.79 Å². The van der Waals surface area contributed by atoms with E-state index in [0.29, 0.717) is 5.75 Å². The molecule has 12 heavy (non-hydrogen) atoms. The molecule has 0 fully saturated rings. The Bertz CT molecular complexity index is 286. The third kappa shape index (κ3) is 3.05. The van der Waals surface area contributed by atoms with Gasteiger partial charge >= 0.3 is 0 Å². The molecule has 0 unspecified atom stereocenters. The van der Waals surface area contributed by atoms with Crippen LogP contribution in [0.1, 0.15) is 12.6 Å². The van der Waals surface area contributed by atoms with Crippen LogP contribution in [0.5, 0.6) is 0 Å². The van der Waals surface area contributed by atoms with Crippen molar-refractivity contribution in [1.29, 1.82) is 0 Å². The second-order valence-electron chi connectivity index (χ2n) is 2.61. The average Bonchev–Trinajstić information content (AvgIpc) is 2.01. The Morgan fingerprint density at radius 1 is 1.58 bits per heavy atom. The summed E-state index contributed by atoms with van der Waals surface area (Å²) < 4.78 is 0. The minimum Gasteiger partial charge on any atom is -0.299 e. The van der Waals surface area contributed by atoms with Crippen LogP contribution in [0.3, 0.4) is 0 Å². The predicted molar refractivity (Wildman–Crippen MR) is 50.4 cm³/mol. The quantitative estimate of drug-likeness (QED) is 0.669. The topological polar surface area (TPSA) is 30.0 Å². The summed E-state index contributed by atoms with van der Waals surface area (Å²) >= 11 is 1.48. The Hall–Kier alpha value is -0.830. The fourth-order valence-electron chi connectivity index (χ4n) is 0.774. The highest BCUT2D eigenvalue weighted by Gasteiger charge is 1.97. The summed E-state index contributed by atoms with van der Waals surface area (Å²) in [7, 11) is 0. The second-order valence-corrected chi connectivity index (χ2v) is 3.60. The summed E-state index contributed by atoms with van der Waals surface area (Å²) in [6.07, 6.45) is 0. The van der Waals surface area contributed by atoms with E-state index in [1.807, 2.05) is 25.1 Å². The molecule has 0 spiro atoms. The van der Waals surface area contributed by atoms with Gasteiger partial charge in [-0.3, -0.25) is 4.79 Å². The van der Waals surface area contributed by atoms with Crippen LogP contribution in [-0.2, 0) is 4.79 Å². The lowest BCUT2D eigenvalue weighted by molar-refractivity contribution is -0.114. The van der Waals surface area contributed by atoms with Crippen LogP contribution in [0.25, 0.3) is 0 Å². The summed E-state index contributed by atoms with van der Waals surface area (Å²) in [5.74, 6) is 0.694. The predicted octanol–water partition coefficient (Wildman–Crippen LogP) is 2.07. The third-order valence-corrected chi connectivity index (χ3v) is 2.36. The second kappa shape index (κ2) is 4.26. The fourth-order valence-corrected chi connectivity index (χ4v) is 1.51. The van der Waals surface area contributed by atoms with Crippen molar-refractivity contribution in [3.05, 3.63) is 23.9 Å². The standard InChI is InChI=1S/C9H11NOS/c1-7-4-3-5-9(10-7)12-6-8(2)11/h3-5H,6H2,1-2H3. The first kappa shape index (κ1) is 9.26. The largest absolute Gasteiger partial charge is 0.299 e. The third-order valence-electron chi connectivity index (χ3n) is 1.29. The van der Waals surface area contributed by atoms with Gasteiger partial charge in [0.15, 0.2) is 0 Å². The normalized spacial score (nSPS) is 9.83. The van der Waals surface area contributed by atoms with E-state index < -0.39 is 0 Å². The Balaban J connectivity index is 2.57. The Morgan fingerprint density at radius 3 is 2.92 bits per heavy atom. The minimum absolute atomic E-state index is 0.184. The number of hydrogen-bond acceptors (Lipinski definition) is 3. The van der Waals surface area contributed by atoms with Gasteiger partial charge in [-0.2, -0.15) is 0 Å². The van der Waals surface area contributed by atoms with Gasteiger partial charge in [0.25, 0.3) is 0 Å². The molecule has 0 aromatic carbocycles. The molecule has 2 nitrogen and oxygen atoms in total. The number of Topliss-reactive ketones (excluding diaryl/α,β-unsaturated/α-hetero) is 1. The van der Waals surface area contributed by atoms with Crippen molar-refractivity contribution in [2.45, 2.75) is 18.9 Å². The Kier molecular flexibility index (Phi) is 3.29. The van der Waals surface area contributed by atoms with Crippen LogP contribution in [0.4, 0.5) is 0 Å². The van der Waals surface area contributed by atoms with Crippen molar-refractivity contribution in [3.8, 4) is 0 Å². The zero-order chi connectivity index (χ0) is 8.97. The highest BCUT2D eigenvalue weighted by molar-refractivity contribution is 7.99. The molecule has 0 N–H and O–H groups in total. The van der Waals surface area contributed by atoms with Crippen LogP contribution < -0.4 is 0 Å². The Labute approximate surface area is 76.4 Å². The fraction of sp³-hybridized carbons (Fsp3) is 0.333. The van der Waals surface area contributed by atoms with Crippen LogP contribution in [0, 0.1) is 6.92 Å². The van der Waals surface area contributed by atoms with E-state index in [-0.39, 0.29) is 5.78 Å². The van der Waals surface area contributed by atoms with Crippen LogP contribution in [0.15, 0.2) is 23.2 Å². The van der Waals surface area contributed by atoms with Gasteiger partial charge in [0.05, 0.1) is 10.8 Å². The monoisotopic (exact) mass is 181 g/mol. The van der Waals surface area contributed by atoms with Crippen molar-refractivity contribution in [2.75, 3.05) is 5.75 Å². The van der Waals surface area contributed by atoms with E-state index in [1.165, 1.54) is 11.8 Å². The molecule has 0 saturated heterocycles. The van der Waals surface area contributed by atoms with E-state index in [1.54, 1.807) is 6.92 Å². The van der Waals surface area contributed by atoms with Crippen molar-refractivity contribution in [2.24, 2.45) is 0 Å². The maximum absolute atomic E-state index is 10.7. The SMILES string of the molecule is CC(=O)CSc1cccc(C)n1. The summed E-state index contributed by atoms with van der Waals surface area (Å²) in [4.78, 5) is 14.9. The van der Waals surface area contributed by atoms with E-state index in [0.717, 1.165) is 10.7 Å². The molecule has 0 atom stereocenters. The lowest BCUT2D eigenvalue weighted by Crippen LogP contribution is -1.94. The number of thioether (sulfide) groups is 1. The molecule has 0 radical (unpaired) electrons. The molecular formula is C9H11NOS. The van der Waals surface area contributed by atoms with Gasteiger partial charge in [0.1, 0.15) is 5.78 Å². The molecule has 0 amide bonds. The molecule has 1 rings (SSSR count). The van der Waals surface area contributed by atoms with Crippen molar-refractivity contribution in [3.63, 3.8) is 0 Å². The summed E-state index contributed by atoms with van der Waals surface area (Å²) in [5.41, 5.74) is 0.989. The van der Waals surface area contributed by atoms with Gasteiger partial charge in [0, 0.05) is 5.69 Å². The number of ketones is 1. The number of hydrogen-bond donors (Lipinski definition) is 0. The maximum atomic E-state index is 10.7. The first-order valence-electron chi connectivity index (χ1n) is 3.74. The van der Waals surface area contributed by atoms with Gasteiger partial charge in [-0.1, -0.05) is 17.8 Å². The molecule has 1 aromatic rings. The Morgan fingerprint density at radius 2 is 2.33 bits per heavy atom. The van der Waals surface area contributed by atoms with Crippen LogP contribution >= 0.6 is 11.8 Å². The van der Waals surface area contributed by atoms with E-state index in [4.69, 9.17) is 0 Å². The number of aromatic nitrogens is 1. The number of carbonyl (C=O) groups is 1. The van der Waals surface area contributed by atoms with E-state index in [2.05, 4.69) is 4.98 Å². The number of pyridine rings is 1. The van der Waals surface area contributed by atoms with Gasteiger partial charge in [-0.15, -0.1) is 0 Å². The number of aryl methyl sites for hydroxylation is 1. The molecule has 0 aliphatic rings. The number of nitrogens with zero attached hydrogens (tertiary/aromatic N) is 1. The van der Waals surface area contributed by atoms with Crippen LogP contribution in [0.2, 0.25) is 0 Å². The highest BCUT2D eigenvalue weighted by atomic mass is 32.2. The average molecular weight is 181 g/mol. The van der Waals surface area contributed by atoms with E-state index >= 15 is 0 Å². The number of rotatable bonds is 3. The van der Waals surface area contributed by atoms with Gasteiger partial charge in [-0.05, 0) is 26.0 Å². The molecule has 0 aliphatic carbocycles. The van der Waals surface area contributed by atoms with Crippen LogP contribution in [-0.4, -0.2) is 16.5 Å². The molecule has 0 saturated carbocycles. The zero-order valence-electron chi connectivity index (χ0n) is 7.20. The smallest absolute Gasteiger partial charge is 0.140 e. The summed E-state index contributed by atoms with van der Waals surface area (Å²) in [6.45, 7) is 3.53. The lowest BCUT2D eigenvalue weighted by Gasteiger charge is -1.98. The van der Waals surface area contributed by atoms with Gasteiger partial charge in [-0.25, -0.2) is 4.98 Å². The lowest BCUT2D eigenvalue weighted by atomic mass is 10.4. The summed E-state index contributed by atoms with van der Waals surface area (Å²) in [5, 5.41) is 0.921. The molecule has 0 aliphatic heterocycles. The van der Waals surface area contributed by atoms with E-state index in [9.17, 15) is 4.79 Å². The van der Waals surface area contributed by atoms with Crippen molar-refractivity contribution >= 4 is 17.5 Å². The minimum atomic E-state index is 0.184. The highest BCUT2D eigenvalue weighted by Crippen LogP contribution is 2.14. The molecular weight excluding hydrogens is 170 g/mol.